The van der Waals surface area contributed by atoms with E-state index in [1.807, 2.05) is 26.0 Å². The Morgan fingerprint density at radius 3 is 2.58 bits per heavy atom. The summed E-state index contributed by atoms with van der Waals surface area (Å²) in [5.41, 5.74) is 3.24. The van der Waals surface area contributed by atoms with Crippen molar-refractivity contribution in [2.45, 2.75) is 39.5 Å². The SMILES string of the molecule is CCCN1C(=O)/C(=C\c2c(N3CCC(Cc4ccccc4)CC3)nc3ccc(C)cn3c2=O)SC1=S. The van der Waals surface area contributed by atoms with Gasteiger partial charge in [-0.15, -0.1) is 0 Å². The number of benzene rings is 1. The number of thioether (sulfide) groups is 1. The molecule has 2 fully saturated rings. The molecule has 0 aliphatic carbocycles. The number of thiocarbonyl (C=S) groups is 1. The molecule has 0 radical (unpaired) electrons. The van der Waals surface area contributed by atoms with Crippen molar-refractivity contribution in [3.05, 3.63) is 80.6 Å². The van der Waals surface area contributed by atoms with E-state index in [0.29, 0.717) is 38.7 Å². The molecule has 2 aliphatic heterocycles. The number of carbonyl (C=O) groups is 1. The van der Waals surface area contributed by atoms with Crippen LogP contribution in [0.25, 0.3) is 11.7 Å². The molecule has 0 atom stereocenters. The summed E-state index contributed by atoms with van der Waals surface area (Å²) in [4.78, 5) is 36.0. The summed E-state index contributed by atoms with van der Waals surface area (Å²) in [6, 6.07) is 14.5. The van der Waals surface area contributed by atoms with Gasteiger partial charge in [0.2, 0.25) is 0 Å². The quantitative estimate of drug-likeness (QED) is 0.335. The minimum atomic E-state index is -0.161. The van der Waals surface area contributed by atoms with Gasteiger partial charge in [-0.3, -0.25) is 18.9 Å². The topological polar surface area (TPSA) is 57.9 Å². The van der Waals surface area contributed by atoms with Crippen LogP contribution in [-0.2, 0) is 11.2 Å². The molecule has 2 saturated heterocycles. The molecule has 3 aromatic rings. The minimum absolute atomic E-state index is 0.131. The molecule has 1 aromatic carbocycles. The van der Waals surface area contributed by atoms with Crippen LogP contribution in [0.1, 0.15) is 42.9 Å². The largest absolute Gasteiger partial charge is 0.356 e. The molecule has 0 bridgehead atoms. The van der Waals surface area contributed by atoms with Gasteiger partial charge in [-0.2, -0.15) is 0 Å². The van der Waals surface area contributed by atoms with Crippen LogP contribution in [0.2, 0.25) is 0 Å². The number of anilines is 1. The number of aryl methyl sites for hydroxylation is 1. The van der Waals surface area contributed by atoms with Gasteiger partial charge in [-0.25, -0.2) is 4.98 Å². The number of rotatable bonds is 6. The average Bonchev–Trinajstić information content (AvgIpc) is 3.15. The zero-order chi connectivity index (χ0) is 25.2. The standard InChI is InChI=1S/C28H30N4O2S2/c1-3-13-31-27(34)23(36-28(31)35)17-22-25(29-24-10-9-19(2)18-32(24)26(22)33)30-14-11-21(12-15-30)16-20-7-5-4-6-8-20/h4-10,17-18,21H,3,11-16H2,1-2H3/b23-17+. The molecule has 186 valence electrons. The summed E-state index contributed by atoms with van der Waals surface area (Å²) in [5.74, 6) is 1.12. The highest BCUT2D eigenvalue weighted by Gasteiger charge is 2.32. The third-order valence-electron chi connectivity index (χ3n) is 6.86. The second-order valence-corrected chi connectivity index (χ2v) is 11.2. The van der Waals surface area contributed by atoms with Crippen LogP contribution >= 0.6 is 24.0 Å². The van der Waals surface area contributed by atoms with E-state index in [1.54, 1.807) is 21.6 Å². The van der Waals surface area contributed by atoms with Crippen molar-refractivity contribution >= 4 is 51.7 Å². The van der Waals surface area contributed by atoms with E-state index in [0.717, 1.165) is 44.3 Å². The molecule has 0 N–H and O–H groups in total. The Morgan fingerprint density at radius 1 is 1.11 bits per heavy atom. The molecule has 8 heteroatoms. The number of amides is 1. The van der Waals surface area contributed by atoms with Gasteiger partial charge >= 0.3 is 0 Å². The van der Waals surface area contributed by atoms with E-state index in [4.69, 9.17) is 17.2 Å². The van der Waals surface area contributed by atoms with Crippen LogP contribution in [0.3, 0.4) is 0 Å². The second-order valence-electron chi connectivity index (χ2n) is 9.54. The van der Waals surface area contributed by atoms with E-state index >= 15 is 0 Å². The fourth-order valence-corrected chi connectivity index (χ4v) is 6.25. The number of fused-ring (bicyclic) bond motifs is 1. The lowest BCUT2D eigenvalue weighted by atomic mass is 9.90. The number of hydrogen-bond acceptors (Lipinski definition) is 6. The Morgan fingerprint density at radius 2 is 1.86 bits per heavy atom. The van der Waals surface area contributed by atoms with Gasteiger partial charge in [-0.1, -0.05) is 67.3 Å². The van der Waals surface area contributed by atoms with Crippen LogP contribution in [0, 0.1) is 12.8 Å². The van der Waals surface area contributed by atoms with Crippen molar-refractivity contribution in [3.63, 3.8) is 0 Å². The van der Waals surface area contributed by atoms with E-state index in [-0.39, 0.29) is 11.5 Å². The van der Waals surface area contributed by atoms with Gasteiger partial charge in [-0.05, 0) is 61.8 Å². The Kier molecular flexibility index (Phi) is 7.25. The van der Waals surface area contributed by atoms with E-state index < -0.39 is 0 Å². The fraction of sp³-hybridized carbons (Fsp3) is 0.357. The van der Waals surface area contributed by atoms with Gasteiger partial charge in [0.1, 0.15) is 15.8 Å². The summed E-state index contributed by atoms with van der Waals surface area (Å²) in [7, 11) is 0. The third-order valence-corrected chi connectivity index (χ3v) is 8.24. The Bertz CT molecular complexity index is 1390. The van der Waals surface area contributed by atoms with Gasteiger partial charge in [0.05, 0.1) is 10.5 Å². The van der Waals surface area contributed by atoms with Crippen LogP contribution in [-0.4, -0.2) is 44.1 Å². The lowest BCUT2D eigenvalue weighted by Gasteiger charge is -2.33. The van der Waals surface area contributed by atoms with Crippen LogP contribution in [0.5, 0.6) is 0 Å². The van der Waals surface area contributed by atoms with Crippen molar-refractivity contribution in [1.29, 1.82) is 0 Å². The number of piperidine rings is 1. The Hall–Kier alpha value is -2.97. The van der Waals surface area contributed by atoms with Crippen molar-refractivity contribution in [2.24, 2.45) is 5.92 Å². The van der Waals surface area contributed by atoms with Gasteiger partial charge in [0.15, 0.2) is 0 Å². The first-order valence-electron chi connectivity index (χ1n) is 12.5. The zero-order valence-electron chi connectivity index (χ0n) is 20.6. The highest BCUT2D eigenvalue weighted by atomic mass is 32.2. The third kappa shape index (κ3) is 4.97. The first-order chi connectivity index (χ1) is 17.4. The minimum Gasteiger partial charge on any atom is -0.356 e. The Balaban J connectivity index is 1.49. The smallest absolute Gasteiger partial charge is 0.267 e. The number of nitrogens with zero attached hydrogens (tertiary/aromatic N) is 4. The first kappa shape index (κ1) is 24.7. The maximum Gasteiger partial charge on any atom is 0.267 e. The van der Waals surface area contributed by atoms with Crippen molar-refractivity contribution in [3.8, 4) is 0 Å². The molecule has 0 saturated carbocycles. The second kappa shape index (κ2) is 10.6. The van der Waals surface area contributed by atoms with Crippen molar-refractivity contribution in [1.82, 2.24) is 14.3 Å². The molecule has 0 unspecified atom stereocenters. The number of pyridine rings is 1. The predicted octanol–water partition coefficient (Wildman–Crippen LogP) is 5.07. The molecule has 1 amide bonds. The monoisotopic (exact) mass is 518 g/mol. The molecule has 2 aliphatic rings. The molecular formula is C28H30N4O2S2. The highest BCUT2D eigenvalue weighted by Crippen LogP contribution is 2.34. The normalized spacial score (nSPS) is 18.1. The van der Waals surface area contributed by atoms with Crippen LogP contribution < -0.4 is 10.5 Å². The van der Waals surface area contributed by atoms with E-state index in [9.17, 15) is 9.59 Å². The molecule has 5 rings (SSSR count). The van der Waals surface area contributed by atoms with Crippen molar-refractivity contribution in [2.75, 3.05) is 24.5 Å². The van der Waals surface area contributed by atoms with Gasteiger partial charge in [0.25, 0.3) is 11.5 Å². The fourth-order valence-electron chi connectivity index (χ4n) is 4.96. The average molecular weight is 519 g/mol. The number of carbonyl (C=O) groups excluding carboxylic acids is 1. The summed E-state index contributed by atoms with van der Waals surface area (Å²) in [6.45, 7) is 6.20. The summed E-state index contributed by atoms with van der Waals surface area (Å²) in [6.07, 6.45) is 7.46. The molecule has 6 nitrogen and oxygen atoms in total. The van der Waals surface area contributed by atoms with Crippen LogP contribution in [0.15, 0.2) is 58.4 Å². The summed E-state index contributed by atoms with van der Waals surface area (Å²) >= 11 is 6.71. The van der Waals surface area contributed by atoms with Gasteiger partial charge in [0, 0.05) is 25.8 Å². The van der Waals surface area contributed by atoms with Crippen molar-refractivity contribution < 1.29 is 4.79 Å². The summed E-state index contributed by atoms with van der Waals surface area (Å²) < 4.78 is 2.13. The molecular weight excluding hydrogens is 488 g/mol. The maximum absolute atomic E-state index is 13.7. The molecule has 4 heterocycles. The highest BCUT2D eigenvalue weighted by molar-refractivity contribution is 8.26. The van der Waals surface area contributed by atoms with E-state index in [1.165, 1.54) is 17.3 Å². The number of hydrogen-bond donors (Lipinski definition) is 0. The first-order valence-corrected chi connectivity index (χ1v) is 13.7. The lowest BCUT2D eigenvalue weighted by Crippen LogP contribution is -2.37. The predicted molar refractivity (Wildman–Crippen MR) is 151 cm³/mol. The van der Waals surface area contributed by atoms with Crippen LogP contribution in [0.4, 0.5) is 5.82 Å². The molecule has 2 aromatic heterocycles. The maximum atomic E-state index is 13.7. The zero-order valence-corrected chi connectivity index (χ0v) is 22.3. The summed E-state index contributed by atoms with van der Waals surface area (Å²) in [5, 5.41) is 0. The molecule has 36 heavy (non-hydrogen) atoms. The number of aromatic nitrogens is 2. The van der Waals surface area contributed by atoms with Gasteiger partial charge < -0.3 is 4.90 Å². The molecule has 0 spiro atoms. The Labute approximate surface area is 221 Å². The lowest BCUT2D eigenvalue weighted by molar-refractivity contribution is -0.122. The van der Waals surface area contributed by atoms with E-state index in [2.05, 4.69) is 35.2 Å².